The van der Waals surface area contributed by atoms with E-state index < -0.39 is 34.3 Å². The van der Waals surface area contributed by atoms with Gasteiger partial charge in [-0.15, -0.1) is 0 Å². The predicted molar refractivity (Wildman–Crippen MR) is 152 cm³/mol. The van der Waals surface area contributed by atoms with Gasteiger partial charge in [-0.1, -0.05) is 61.5 Å². The SMILES string of the molecule is CCCNC(=O)[C@@H](Cc1ccccc1)N(Cc1ccccc1F)C(=O)CN(c1ccc(C)c(C)c1)S(C)(=O)=O. The number of halogens is 1. The number of aryl methyl sites for hydroxylation is 2. The van der Waals surface area contributed by atoms with Crippen LogP contribution in [0.5, 0.6) is 0 Å². The van der Waals surface area contributed by atoms with Crippen LogP contribution in [0.4, 0.5) is 10.1 Å². The lowest BCUT2D eigenvalue weighted by atomic mass is 10.0. The quantitative estimate of drug-likeness (QED) is 0.361. The number of nitrogens with one attached hydrogen (secondary N) is 1. The Bertz CT molecular complexity index is 1400. The van der Waals surface area contributed by atoms with Gasteiger partial charge in [0.15, 0.2) is 0 Å². The Hall–Kier alpha value is -3.72. The zero-order valence-corrected chi connectivity index (χ0v) is 23.7. The van der Waals surface area contributed by atoms with Crippen LogP contribution >= 0.6 is 0 Å². The summed E-state index contributed by atoms with van der Waals surface area (Å²) in [6.45, 7) is 5.36. The van der Waals surface area contributed by atoms with Gasteiger partial charge in [0.2, 0.25) is 21.8 Å². The highest BCUT2D eigenvalue weighted by Gasteiger charge is 2.33. The van der Waals surface area contributed by atoms with Crippen molar-refractivity contribution in [1.29, 1.82) is 0 Å². The number of benzene rings is 3. The third kappa shape index (κ3) is 8.13. The molecule has 0 saturated carbocycles. The average molecular weight is 554 g/mol. The Morgan fingerprint density at radius 3 is 2.23 bits per heavy atom. The highest BCUT2D eigenvalue weighted by molar-refractivity contribution is 7.92. The first kappa shape index (κ1) is 29.8. The first-order valence-electron chi connectivity index (χ1n) is 12.9. The summed E-state index contributed by atoms with van der Waals surface area (Å²) in [6.07, 6.45) is 1.91. The van der Waals surface area contributed by atoms with Gasteiger partial charge in [-0.05, 0) is 55.2 Å². The molecule has 0 aliphatic rings. The van der Waals surface area contributed by atoms with Gasteiger partial charge in [0.25, 0.3) is 0 Å². The maximum atomic E-state index is 14.8. The van der Waals surface area contributed by atoms with Crippen LogP contribution < -0.4 is 9.62 Å². The molecule has 3 aromatic carbocycles. The molecule has 7 nitrogen and oxygen atoms in total. The van der Waals surface area contributed by atoms with Crippen LogP contribution in [0.2, 0.25) is 0 Å². The van der Waals surface area contributed by atoms with E-state index in [-0.39, 0.29) is 24.4 Å². The fourth-order valence-electron chi connectivity index (χ4n) is 4.22. The fourth-order valence-corrected chi connectivity index (χ4v) is 5.07. The largest absolute Gasteiger partial charge is 0.354 e. The molecule has 0 unspecified atom stereocenters. The summed E-state index contributed by atoms with van der Waals surface area (Å²) < 4.78 is 41.5. The van der Waals surface area contributed by atoms with Crippen molar-refractivity contribution in [3.8, 4) is 0 Å². The van der Waals surface area contributed by atoms with Gasteiger partial charge in [0.1, 0.15) is 18.4 Å². The molecule has 1 atom stereocenters. The van der Waals surface area contributed by atoms with Gasteiger partial charge in [-0.25, -0.2) is 12.8 Å². The van der Waals surface area contributed by atoms with Crippen LogP contribution in [0.1, 0.15) is 35.6 Å². The lowest BCUT2D eigenvalue weighted by Crippen LogP contribution is -2.53. The number of amides is 2. The minimum atomic E-state index is -3.86. The van der Waals surface area contributed by atoms with Crippen LogP contribution in [0.25, 0.3) is 0 Å². The van der Waals surface area contributed by atoms with Gasteiger partial charge in [0.05, 0.1) is 11.9 Å². The molecule has 3 aromatic rings. The molecule has 3 rings (SSSR count). The fraction of sp³-hybridized carbons (Fsp3) is 0.333. The van der Waals surface area contributed by atoms with E-state index in [4.69, 9.17) is 0 Å². The number of hydrogen-bond donors (Lipinski definition) is 1. The maximum Gasteiger partial charge on any atom is 0.244 e. The van der Waals surface area contributed by atoms with Crippen molar-refractivity contribution in [2.24, 2.45) is 0 Å². The van der Waals surface area contributed by atoms with Crippen LogP contribution in [0, 0.1) is 19.7 Å². The van der Waals surface area contributed by atoms with E-state index in [1.807, 2.05) is 51.1 Å². The molecule has 0 fully saturated rings. The molecular weight excluding hydrogens is 517 g/mol. The van der Waals surface area contributed by atoms with Crippen LogP contribution in [0.3, 0.4) is 0 Å². The summed E-state index contributed by atoms with van der Waals surface area (Å²) in [4.78, 5) is 28.7. The van der Waals surface area contributed by atoms with Gasteiger partial charge in [-0.3, -0.25) is 13.9 Å². The van der Waals surface area contributed by atoms with Gasteiger partial charge in [0, 0.05) is 25.1 Å². The number of anilines is 1. The number of nitrogens with zero attached hydrogens (tertiary/aromatic N) is 2. The summed E-state index contributed by atoms with van der Waals surface area (Å²) in [5.41, 5.74) is 3.24. The normalized spacial score (nSPS) is 12.0. The molecule has 2 amide bonds. The zero-order chi connectivity index (χ0) is 28.6. The standard InChI is InChI=1S/C30H36FN3O4S/c1-5-17-32-30(36)28(19-24-11-7-6-8-12-24)33(20-25-13-9-10-14-27(25)31)29(35)21-34(39(4,37)38)26-16-15-22(2)23(3)18-26/h6-16,18,28H,5,17,19-21H2,1-4H3,(H,32,36)/t28-/m1/s1. The monoisotopic (exact) mass is 553 g/mol. The third-order valence-corrected chi connectivity index (χ3v) is 7.72. The minimum absolute atomic E-state index is 0.180. The van der Waals surface area contributed by atoms with Crippen LogP contribution in [-0.2, 0) is 32.6 Å². The molecule has 1 N–H and O–H groups in total. The first-order valence-corrected chi connectivity index (χ1v) is 14.8. The first-order chi connectivity index (χ1) is 18.5. The van der Waals surface area contributed by atoms with Crippen LogP contribution in [0.15, 0.2) is 72.8 Å². The summed E-state index contributed by atoms with van der Waals surface area (Å²) >= 11 is 0. The van der Waals surface area contributed by atoms with E-state index in [0.717, 1.165) is 27.3 Å². The number of hydrogen-bond acceptors (Lipinski definition) is 4. The molecule has 0 spiro atoms. The Morgan fingerprint density at radius 2 is 1.62 bits per heavy atom. The van der Waals surface area contributed by atoms with Gasteiger partial charge < -0.3 is 10.2 Å². The lowest BCUT2D eigenvalue weighted by molar-refractivity contribution is -0.140. The van der Waals surface area contributed by atoms with Gasteiger partial charge in [-0.2, -0.15) is 0 Å². The Labute approximate surface area is 230 Å². The zero-order valence-electron chi connectivity index (χ0n) is 22.9. The molecule has 0 radical (unpaired) electrons. The number of rotatable bonds is 12. The second-order valence-corrected chi connectivity index (χ2v) is 11.6. The molecule has 208 valence electrons. The van der Waals surface area contributed by atoms with Gasteiger partial charge >= 0.3 is 0 Å². The minimum Gasteiger partial charge on any atom is -0.354 e. The second-order valence-electron chi connectivity index (χ2n) is 9.65. The highest BCUT2D eigenvalue weighted by atomic mass is 32.2. The van der Waals surface area contributed by atoms with Crippen molar-refractivity contribution in [2.45, 2.75) is 46.2 Å². The predicted octanol–water partition coefficient (Wildman–Crippen LogP) is 4.37. The van der Waals surface area contributed by atoms with Crippen molar-refractivity contribution >= 4 is 27.5 Å². The number of sulfonamides is 1. The van der Waals surface area contributed by atoms with Crippen molar-refractivity contribution in [1.82, 2.24) is 10.2 Å². The molecule has 0 aliphatic carbocycles. The van der Waals surface area contributed by atoms with E-state index in [1.165, 1.54) is 11.0 Å². The molecule has 0 saturated heterocycles. The van der Waals surface area contributed by atoms with Crippen LogP contribution in [-0.4, -0.2) is 50.5 Å². The Kier molecular flexibility index (Phi) is 10.2. The summed E-state index contributed by atoms with van der Waals surface area (Å²) in [6, 6.07) is 19.4. The Morgan fingerprint density at radius 1 is 0.949 bits per heavy atom. The van der Waals surface area contributed by atoms with Crippen molar-refractivity contribution in [3.05, 3.63) is 101 Å². The molecule has 9 heteroatoms. The van der Waals surface area contributed by atoms with E-state index >= 15 is 0 Å². The number of carbonyl (C=O) groups excluding carboxylic acids is 2. The average Bonchev–Trinajstić information content (AvgIpc) is 2.90. The molecule has 39 heavy (non-hydrogen) atoms. The number of carbonyl (C=O) groups is 2. The van der Waals surface area contributed by atoms with E-state index in [0.29, 0.717) is 18.7 Å². The summed E-state index contributed by atoms with van der Waals surface area (Å²) in [5.74, 6) is -1.52. The third-order valence-electron chi connectivity index (χ3n) is 6.58. The molecule has 0 heterocycles. The molecule has 0 aromatic heterocycles. The molecule has 0 aliphatic heterocycles. The maximum absolute atomic E-state index is 14.8. The van der Waals surface area contributed by atoms with Crippen molar-refractivity contribution in [3.63, 3.8) is 0 Å². The van der Waals surface area contributed by atoms with E-state index in [9.17, 15) is 22.4 Å². The smallest absolute Gasteiger partial charge is 0.244 e. The summed E-state index contributed by atoms with van der Waals surface area (Å²) in [5, 5.41) is 2.86. The van der Waals surface area contributed by atoms with Crippen molar-refractivity contribution in [2.75, 3.05) is 23.7 Å². The lowest BCUT2D eigenvalue weighted by Gasteiger charge is -2.33. The van der Waals surface area contributed by atoms with E-state index in [1.54, 1.807) is 36.4 Å². The highest BCUT2D eigenvalue weighted by Crippen LogP contribution is 2.23. The second kappa shape index (κ2) is 13.4. The van der Waals surface area contributed by atoms with Crippen molar-refractivity contribution < 1.29 is 22.4 Å². The topological polar surface area (TPSA) is 86.8 Å². The van der Waals surface area contributed by atoms with E-state index in [2.05, 4.69) is 5.32 Å². The molecule has 0 bridgehead atoms. The Balaban J connectivity index is 2.06. The summed E-state index contributed by atoms with van der Waals surface area (Å²) in [7, 11) is -3.86. The molecular formula is C30H36FN3O4S.